The van der Waals surface area contributed by atoms with Gasteiger partial charge in [0.1, 0.15) is 4.90 Å². The van der Waals surface area contributed by atoms with Gasteiger partial charge >= 0.3 is 5.82 Å². The summed E-state index contributed by atoms with van der Waals surface area (Å²) < 4.78 is 26.4. The summed E-state index contributed by atoms with van der Waals surface area (Å²) in [6.45, 7) is 1.35. The summed E-state index contributed by atoms with van der Waals surface area (Å²) in [5.41, 5.74) is 0. The Hall–Kier alpha value is -1.58. The lowest BCUT2D eigenvalue weighted by Gasteiger charge is -2.10. The van der Waals surface area contributed by atoms with Gasteiger partial charge in [0, 0.05) is 18.7 Å². The average molecular weight is 272 g/mol. The van der Waals surface area contributed by atoms with Gasteiger partial charge in [-0.3, -0.25) is 0 Å². The highest BCUT2D eigenvalue weighted by Crippen LogP contribution is 2.13. The number of pyridine rings is 1. The van der Waals surface area contributed by atoms with E-state index in [1.807, 2.05) is 0 Å². The van der Waals surface area contributed by atoms with Crippen molar-refractivity contribution in [3.63, 3.8) is 0 Å². The topological polar surface area (TPSA) is 114 Å². The number of hydrogen-bond acceptors (Lipinski definition) is 6. The van der Waals surface area contributed by atoms with Crippen LogP contribution in [0.15, 0.2) is 23.2 Å². The first-order chi connectivity index (χ1) is 8.49. The van der Waals surface area contributed by atoms with Gasteiger partial charge in [-0.1, -0.05) is 0 Å². The Kier molecular flexibility index (Phi) is 3.55. The van der Waals surface area contributed by atoms with E-state index in [0.717, 1.165) is 25.2 Å². The number of rotatable bonds is 4. The maximum atomic E-state index is 11.9. The number of aromatic nitrogens is 1. The van der Waals surface area contributed by atoms with Crippen LogP contribution in [-0.2, 0) is 10.0 Å². The number of sulfonamides is 1. The molecular formula is C9H12N4O4S. The first kappa shape index (κ1) is 12.9. The third-order valence-electron chi connectivity index (χ3n) is 2.60. The maximum Gasteiger partial charge on any atom is 0.363 e. The molecular weight excluding hydrogens is 260 g/mol. The zero-order valence-corrected chi connectivity index (χ0v) is 10.2. The Morgan fingerprint density at radius 1 is 1.50 bits per heavy atom. The van der Waals surface area contributed by atoms with Gasteiger partial charge in [0.05, 0.1) is 0 Å². The molecule has 1 aliphatic rings. The predicted octanol–water partition coefficient (Wildman–Crippen LogP) is -0.370. The molecule has 1 fully saturated rings. The van der Waals surface area contributed by atoms with Crippen molar-refractivity contribution in [2.24, 2.45) is 0 Å². The van der Waals surface area contributed by atoms with Gasteiger partial charge in [-0.15, -0.1) is 0 Å². The molecule has 0 aromatic carbocycles. The molecule has 0 aliphatic carbocycles. The number of nitrogens with one attached hydrogen (secondary N) is 2. The highest BCUT2D eigenvalue weighted by Gasteiger charge is 2.24. The summed E-state index contributed by atoms with van der Waals surface area (Å²) in [6.07, 6.45) is 1.71. The van der Waals surface area contributed by atoms with Crippen molar-refractivity contribution >= 4 is 15.8 Å². The maximum absolute atomic E-state index is 11.9. The summed E-state index contributed by atoms with van der Waals surface area (Å²) >= 11 is 0. The molecule has 1 aliphatic heterocycles. The molecule has 9 heteroatoms. The van der Waals surface area contributed by atoms with Crippen LogP contribution >= 0.6 is 0 Å². The van der Waals surface area contributed by atoms with Gasteiger partial charge in [-0.25, -0.2) is 13.1 Å². The molecule has 1 saturated heterocycles. The molecule has 0 saturated carbocycles. The van der Waals surface area contributed by atoms with Crippen LogP contribution in [0.2, 0.25) is 0 Å². The molecule has 0 spiro atoms. The predicted molar refractivity (Wildman–Crippen MR) is 62.5 cm³/mol. The van der Waals surface area contributed by atoms with Crippen molar-refractivity contribution in [1.82, 2.24) is 15.0 Å². The van der Waals surface area contributed by atoms with Crippen molar-refractivity contribution in [2.45, 2.75) is 17.4 Å². The van der Waals surface area contributed by atoms with E-state index in [2.05, 4.69) is 15.0 Å². The highest BCUT2D eigenvalue weighted by molar-refractivity contribution is 7.89. The molecule has 2 rings (SSSR count). The van der Waals surface area contributed by atoms with Crippen molar-refractivity contribution in [3.8, 4) is 0 Å². The molecule has 0 bridgehead atoms. The second-order valence-corrected chi connectivity index (χ2v) is 5.63. The third kappa shape index (κ3) is 2.81. The second kappa shape index (κ2) is 4.96. The van der Waals surface area contributed by atoms with Crippen LogP contribution in [0.4, 0.5) is 5.82 Å². The fourth-order valence-electron chi connectivity index (χ4n) is 1.68. The monoisotopic (exact) mass is 272 g/mol. The lowest BCUT2D eigenvalue weighted by Crippen LogP contribution is -2.36. The van der Waals surface area contributed by atoms with Crippen LogP contribution in [0.3, 0.4) is 0 Å². The van der Waals surface area contributed by atoms with E-state index in [1.54, 1.807) is 0 Å². The van der Waals surface area contributed by atoms with E-state index >= 15 is 0 Å². The van der Waals surface area contributed by atoms with Crippen LogP contribution in [0.5, 0.6) is 0 Å². The Labute approximate surface area is 104 Å². The van der Waals surface area contributed by atoms with E-state index in [1.165, 1.54) is 6.07 Å². The van der Waals surface area contributed by atoms with E-state index < -0.39 is 14.9 Å². The summed E-state index contributed by atoms with van der Waals surface area (Å²) in [5, 5.41) is 13.4. The van der Waals surface area contributed by atoms with Crippen LogP contribution < -0.4 is 10.0 Å². The van der Waals surface area contributed by atoms with Crippen molar-refractivity contribution in [2.75, 3.05) is 13.1 Å². The molecule has 1 aromatic rings. The fraction of sp³-hybridized carbons (Fsp3) is 0.444. The van der Waals surface area contributed by atoms with Gasteiger partial charge in [0.15, 0.2) is 6.20 Å². The van der Waals surface area contributed by atoms with Crippen LogP contribution in [0, 0.1) is 10.1 Å². The molecule has 1 atom stereocenters. The van der Waals surface area contributed by atoms with E-state index in [0.29, 0.717) is 6.54 Å². The van der Waals surface area contributed by atoms with Crippen molar-refractivity contribution < 1.29 is 13.3 Å². The van der Waals surface area contributed by atoms with E-state index in [4.69, 9.17) is 0 Å². The minimum atomic E-state index is -3.66. The van der Waals surface area contributed by atoms with Crippen LogP contribution in [-0.4, -0.2) is 37.5 Å². The molecule has 2 heterocycles. The summed E-state index contributed by atoms with van der Waals surface area (Å²) in [5.74, 6) is -0.378. The Morgan fingerprint density at radius 3 is 2.78 bits per heavy atom. The lowest BCUT2D eigenvalue weighted by molar-refractivity contribution is -0.389. The summed E-state index contributed by atoms with van der Waals surface area (Å²) in [6, 6.07) is 2.10. The highest BCUT2D eigenvalue weighted by atomic mass is 32.2. The van der Waals surface area contributed by atoms with Crippen LogP contribution in [0.1, 0.15) is 6.42 Å². The number of nitro groups is 1. The zero-order valence-electron chi connectivity index (χ0n) is 9.37. The zero-order chi connectivity index (χ0) is 13.2. The molecule has 0 radical (unpaired) electrons. The molecule has 18 heavy (non-hydrogen) atoms. The summed E-state index contributed by atoms with van der Waals surface area (Å²) in [7, 11) is -3.66. The van der Waals surface area contributed by atoms with Gasteiger partial charge < -0.3 is 15.4 Å². The lowest BCUT2D eigenvalue weighted by atomic mass is 10.3. The second-order valence-electron chi connectivity index (χ2n) is 3.92. The van der Waals surface area contributed by atoms with Gasteiger partial charge in [0.2, 0.25) is 10.0 Å². The van der Waals surface area contributed by atoms with Gasteiger partial charge in [0.25, 0.3) is 0 Å². The molecule has 8 nitrogen and oxygen atoms in total. The average Bonchev–Trinajstić information content (AvgIpc) is 2.81. The normalized spacial score (nSPS) is 19.9. The largest absolute Gasteiger partial charge is 0.363 e. The quantitative estimate of drug-likeness (QED) is 0.571. The first-order valence-corrected chi connectivity index (χ1v) is 6.81. The molecule has 2 N–H and O–H groups in total. The van der Waals surface area contributed by atoms with Crippen molar-refractivity contribution in [1.29, 1.82) is 0 Å². The Bertz CT molecular complexity index is 536. The van der Waals surface area contributed by atoms with Gasteiger partial charge in [-0.05, 0) is 28.9 Å². The Morgan fingerprint density at radius 2 is 2.28 bits per heavy atom. The van der Waals surface area contributed by atoms with E-state index in [9.17, 15) is 18.5 Å². The first-order valence-electron chi connectivity index (χ1n) is 5.32. The molecule has 1 aromatic heterocycles. The fourth-order valence-corrected chi connectivity index (χ4v) is 2.90. The number of hydrogen-bond donors (Lipinski definition) is 2. The number of nitrogens with zero attached hydrogens (tertiary/aromatic N) is 2. The minimum absolute atomic E-state index is 0.0694. The molecule has 0 amide bonds. The SMILES string of the molecule is O=[N+]([O-])c1ccc(S(=O)(=O)NC2CCNC2)cn1. The Balaban J connectivity index is 2.16. The summed E-state index contributed by atoms with van der Waals surface area (Å²) in [4.78, 5) is 13.2. The van der Waals surface area contributed by atoms with E-state index in [-0.39, 0.29) is 16.8 Å². The van der Waals surface area contributed by atoms with Crippen molar-refractivity contribution in [3.05, 3.63) is 28.4 Å². The minimum Gasteiger partial charge on any atom is -0.358 e. The smallest absolute Gasteiger partial charge is 0.358 e. The molecule has 98 valence electrons. The van der Waals surface area contributed by atoms with Gasteiger partial charge in [-0.2, -0.15) is 0 Å². The molecule has 1 unspecified atom stereocenters. The standard InChI is InChI=1S/C9H12N4O4S/c14-13(15)9-2-1-8(6-11-9)18(16,17)12-7-3-4-10-5-7/h1-2,6-7,10,12H,3-5H2. The van der Waals surface area contributed by atoms with Crippen LogP contribution in [0.25, 0.3) is 0 Å². The third-order valence-corrected chi connectivity index (χ3v) is 4.11.